The van der Waals surface area contributed by atoms with Crippen LogP contribution in [0.5, 0.6) is 0 Å². The molecule has 0 saturated carbocycles. The lowest BCUT2D eigenvalue weighted by Gasteiger charge is -2.36. The average molecular weight is 447 g/mol. The summed E-state index contributed by atoms with van der Waals surface area (Å²) in [6.45, 7) is 5.05. The van der Waals surface area contributed by atoms with Crippen molar-refractivity contribution in [3.63, 3.8) is 0 Å². The summed E-state index contributed by atoms with van der Waals surface area (Å²) in [5.41, 5.74) is 4.82. The van der Waals surface area contributed by atoms with Gasteiger partial charge >= 0.3 is 0 Å². The van der Waals surface area contributed by atoms with Crippen LogP contribution in [0.1, 0.15) is 12.5 Å². The molecule has 0 aliphatic rings. The Kier molecular flexibility index (Phi) is 7.59. The van der Waals surface area contributed by atoms with Crippen molar-refractivity contribution in [1.29, 1.82) is 0 Å². The topological polar surface area (TPSA) is 54.4 Å². The second-order valence-corrected chi connectivity index (χ2v) is 8.84. The van der Waals surface area contributed by atoms with Crippen molar-refractivity contribution in [2.45, 2.75) is 18.7 Å². The maximum absolute atomic E-state index is 10.5. The predicted molar refractivity (Wildman–Crippen MR) is 132 cm³/mol. The molecule has 0 bridgehead atoms. The van der Waals surface area contributed by atoms with Gasteiger partial charge in [-0.15, -0.1) is 0 Å². The SMILES string of the molecule is CC[N+](c1ccccc1)(c1ccccc1)c1ccccc1.Cc1ccc(S(=O)(=O)O)cc1. The van der Waals surface area contributed by atoms with Crippen LogP contribution in [0.2, 0.25) is 0 Å². The molecule has 0 aliphatic carbocycles. The van der Waals surface area contributed by atoms with Crippen LogP contribution in [0.3, 0.4) is 0 Å². The minimum absolute atomic E-state index is 0.0666. The van der Waals surface area contributed by atoms with Gasteiger partial charge in [0, 0.05) is 0 Å². The molecule has 4 rings (SSSR count). The normalized spacial score (nSPS) is 11.3. The van der Waals surface area contributed by atoms with Crippen LogP contribution < -0.4 is 4.48 Å². The summed E-state index contributed by atoms with van der Waals surface area (Å²) in [6.07, 6.45) is 0. The minimum atomic E-state index is -4.02. The zero-order chi connectivity index (χ0) is 23.0. The number of aryl methyl sites for hydroxylation is 1. The third-order valence-electron chi connectivity index (χ3n) is 5.38. The molecular weight excluding hydrogens is 418 g/mol. The molecule has 4 aromatic rings. The summed E-state index contributed by atoms with van der Waals surface area (Å²) in [5, 5.41) is 0. The van der Waals surface area contributed by atoms with Gasteiger partial charge in [-0.1, -0.05) is 72.3 Å². The Morgan fingerprint density at radius 2 is 0.969 bits per heavy atom. The van der Waals surface area contributed by atoms with Crippen LogP contribution in [0.15, 0.2) is 120 Å². The van der Waals surface area contributed by atoms with Gasteiger partial charge in [-0.05, 0) is 62.4 Å². The van der Waals surface area contributed by atoms with Crippen molar-refractivity contribution in [1.82, 2.24) is 4.48 Å². The number of para-hydroxylation sites is 3. The highest BCUT2D eigenvalue weighted by molar-refractivity contribution is 7.85. The largest absolute Gasteiger partial charge is 0.294 e. The van der Waals surface area contributed by atoms with Crippen LogP contribution in [-0.2, 0) is 10.1 Å². The van der Waals surface area contributed by atoms with E-state index in [0.29, 0.717) is 0 Å². The van der Waals surface area contributed by atoms with Gasteiger partial charge in [0.15, 0.2) is 0 Å². The Bertz CT molecular complexity index is 1110. The first-order valence-electron chi connectivity index (χ1n) is 10.5. The summed E-state index contributed by atoms with van der Waals surface area (Å²) in [6, 6.07) is 38.2. The molecule has 0 atom stereocenters. The molecule has 0 radical (unpaired) electrons. The van der Waals surface area contributed by atoms with E-state index >= 15 is 0 Å². The number of hydrogen-bond donors (Lipinski definition) is 1. The first-order valence-corrected chi connectivity index (χ1v) is 11.9. The fraction of sp³-hybridized carbons (Fsp3) is 0.111. The van der Waals surface area contributed by atoms with Crippen LogP contribution in [0.25, 0.3) is 0 Å². The van der Waals surface area contributed by atoms with E-state index < -0.39 is 10.1 Å². The van der Waals surface area contributed by atoms with Gasteiger partial charge in [0.1, 0.15) is 17.1 Å². The molecule has 1 N–H and O–H groups in total. The molecule has 164 valence electrons. The van der Waals surface area contributed by atoms with Crippen molar-refractivity contribution in [3.8, 4) is 0 Å². The molecule has 0 heterocycles. The van der Waals surface area contributed by atoms with Gasteiger partial charge in [-0.2, -0.15) is 8.42 Å². The lowest BCUT2D eigenvalue weighted by atomic mass is 10.1. The Morgan fingerprint density at radius 3 is 1.25 bits per heavy atom. The molecular formula is C27H28NO3S+. The highest BCUT2D eigenvalue weighted by atomic mass is 32.2. The molecule has 0 fully saturated rings. The lowest BCUT2D eigenvalue weighted by Crippen LogP contribution is -2.38. The first-order chi connectivity index (χ1) is 15.4. The number of rotatable bonds is 5. The van der Waals surface area contributed by atoms with Crippen LogP contribution in [-0.4, -0.2) is 19.5 Å². The van der Waals surface area contributed by atoms with E-state index in [-0.39, 0.29) is 4.90 Å². The number of benzene rings is 4. The van der Waals surface area contributed by atoms with E-state index in [1.807, 2.05) is 6.92 Å². The van der Waals surface area contributed by atoms with Crippen molar-refractivity contribution in [3.05, 3.63) is 121 Å². The van der Waals surface area contributed by atoms with Gasteiger partial charge in [0.25, 0.3) is 10.1 Å². The van der Waals surface area contributed by atoms with Crippen molar-refractivity contribution < 1.29 is 13.0 Å². The van der Waals surface area contributed by atoms with E-state index in [9.17, 15) is 8.42 Å². The minimum Gasteiger partial charge on any atom is -0.282 e. The van der Waals surface area contributed by atoms with Gasteiger partial charge in [0.2, 0.25) is 0 Å². The quantitative estimate of drug-likeness (QED) is 0.267. The first kappa shape index (κ1) is 23.4. The molecule has 0 aliphatic heterocycles. The van der Waals surface area contributed by atoms with E-state index in [2.05, 4.69) is 97.9 Å². The van der Waals surface area contributed by atoms with Crippen LogP contribution in [0.4, 0.5) is 17.1 Å². The maximum Gasteiger partial charge on any atom is 0.294 e. The van der Waals surface area contributed by atoms with Gasteiger partial charge in [-0.25, -0.2) is 4.48 Å². The highest BCUT2D eigenvalue weighted by Gasteiger charge is 2.33. The van der Waals surface area contributed by atoms with Crippen molar-refractivity contribution in [2.24, 2.45) is 0 Å². The molecule has 5 heteroatoms. The van der Waals surface area contributed by atoms with E-state index in [4.69, 9.17) is 4.55 Å². The third-order valence-corrected chi connectivity index (χ3v) is 6.25. The highest BCUT2D eigenvalue weighted by Crippen LogP contribution is 2.42. The second-order valence-electron chi connectivity index (χ2n) is 7.42. The fourth-order valence-electron chi connectivity index (χ4n) is 3.75. The van der Waals surface area contributed by atoms with Crippen molar-refractivity contribution in [2.75, 3.05) is 6.54 Å². The van der Waals surface area contributed by atoms with Crippen LogP contribution in [0, 0.1) is 6.92 Å². The molecule has 0 spiro atoms. The summed E-state index contributed by atoms with van der Waals surface area (Å²) in [5.74, 6) is 0. The number of nitrogens with zero attached hydrogens (tertiary/aromatic N) is 1. The second kappa shape index (κ2) is 10.4. The van der Waals surface area contributed by atoms with E-state index in [1.54, 1.807) is 12.1 Å². The summed E-state index contributed by atoms with van der Waals surface area (Å²) < 4.78 is 30.3. The van der Waals surface area contributed by atoms with E-state index in [0.717, 1.165) is 16.6 Å². The average Bonchev–Trinajstić information content (AvgIpc) is 2.82. The zero-order valence-corrected chi connectivity index (χ0v) is 19.1. The Labute approximate surface area is 190 Å². The third kappa shape index (κ3) is 5.32. The van der Waals surface area contributed by atoms with Gasteiger partial charge in [-0.3, -0.25) is 4.55 Å². The Hall–Kier alpha value is -3.25. The summed E-state index contributed by atoms with van der Waals surface area (Å²) >= 11 is 0. The number of quaternary nitrogens is 1. The Morgan fingerprint density at radius 1 is 0.625 bits per heavy atom. The van der Waals surface area contributed by atoms with Gasteiger partial charge in [0.05, 0.1) is 11.4 Å². The van der Waals surface area contributed by atoms with Crippen LogP contribution >= 0.6 is 0 Å². The molecule has 4 aromatic carbocycles. The molecule has 32 heavy (non-hydrogen) atoms. The maximum atomic E-state index is 10.5. The molecule has 0 saturated heterocycles. The molecule has 0 aromatic heterocycles. The number of hydrogen-bond acceptors (Lipinski definition) is 2. The molecule has 0 amide bonds. The smallest absolute Gasteiger partial charge is 0.282 e. The van der Waals surface area contributed by atoms with Gasteiger partial charge < -0.3 is 0 Å². The molecule has 0 unspecified atom stereocenters. The Balaban J connectivity index is 0.000000222. The summed E-state index contributed by atoms with van der Waals surface area (Å²) in [4.78, 5) is -0.0666. The van der Waals surface area contributed by atoms with Crippen molar-refractivity contribution >= 4 is 27.2 Å². The van der Waals surface area contributed by atoms with E-state index in [1.165, 1.54) is 29.2 Å². The summed E-state index contributed by atoms with van der Waals surface area (Å²) in [7, 11) is -4.02. The lowest BCUT2D eigenvalue weighted by molar-refractivity contribution is 0.483. The fourth-order valence-corrected chi connectivity index (χ4v) is 4.23. The predicted octanol–water partition coefficient (Wildman–Crippen LogP) is 6.92. The zero-order valence-electron chi connectivity index (χ0n) is 18.3. The standard InChI is InChI=1S/C20H20N.C7H8O3S/c1-2-21(18-12-6-3-7-13-18,19-14-8-4-9-15-19)20-16-10-5-11-17-20;1-6-2-4-7(5-3-6)11(8,9)10/h3-17H,2H2,1H3;2-5H,1H3,(H,8,9,10)/q+1;. The molecule has 4 nitrogen and oxygen atoms in total. The monoisotopic (exact) mass is 446 g/mol.